The van der Waals surface area contributed by atoms with Crippen LogP contribution in [0, 0.1) is 0 Å². The van der Waals surface area contributed by atoms with Gasteiger partial charge < -0.3 is 4.90 Å². The second-order valence-electron chi connectivity index (χ2n) is 8.64. The normalized spacial score (nSPS) is 11.4. The minimum absolute atomic E-state index is 0.227. The van der Waals surface area contributed by atoms with Gasteiger partial charge in [-0.15, -0.1) is 0 Å². The van der Waals surface area contributed by atoms with E-state index in [1.807, 2.05) is 12.1 Å². The van der Waals surface area contributed by atoms with Crippen LogP contribution in [0.25, 0.3) is 6.08 Å². The van der Waals surface area contributed by atoms with Crippen molar-refractivity contribution in [3.63, 3.8) is 0 Å². The highest BCUT2D eigenvalue weighted by atomic mass is 15.1. The number of anilines is 3. The molecule has 0 N–H and O–H groups in total. The van der Waals surface area contributed by atoms with E-state index in [0.717, 1.165) is 17.1 Å². The van der Waals surface area contributed by atoms with E-state index < -0.39 is 0 Å². The third-order valence-electron chi connectivity index (χ3n) is 6.20. The molecule has 0 aliphatic carbocycles. The number of benzene rings is 5. The molecule has 0 fully saturated rings. The Morgan fingerprint density at radius 1 is 0.417 bits per heavy atom. The van der Waals surface area contributed by atoms with Crippen LogP contribution in [-0.4, -0.2) is 0 Å². The number of allylic oxidation sites excluding steroid dienone is 3. The van der Waals surface area contributed by atoms with Gasteiger partial charge in [-0.1, -0.05) is 133 Å². The lowest BCUT2D eigenvalue weighted by Gasteiger charge is -2.25. The van der Waals surface area contributed by atoms with Gasteiger partial charge >= 0.3 is 0 Å². The first-order valence-corrected chi connectivity index (χ1v) is 12.3. The molecule has 0 aromatic heterocycles. The molecule has 0 atom stereocenters. The quantitative estimate of drug-likeness (QED) is 0.207. The Hall–Kier alpha value is -4.62. The van der Waals surface area contributed by atoms with Crippen LogP contribution in [0.15, 0.2) is 164 Å². The number of nitrogens with zero attached hydrogens (tertiary/aromatic N) is 1. The molecule has 0 heterocycles. The molecule has 0 unspecified atom stereocenters. The summed E-state index contributed by atoms with van der Waals surface area (Å²) in [4.78, 5) is 2.28. The van der Waals surface area contributed by atoms with Crippen molar-refractivity contribution in [1.82, 2.24) is 0 Å². The molecule has 1 heteroatoms. The van der Waals surface area contributed by atoms with Gasteiger partial charge in [0.05, 0.1) is 0 Å². The van der Waals surface area contributed by atoms with Gasteiger partial charge in [0.15, 0.2) is 0 Å². The Balaban J connectivity index is 1.35. The Morgan fingerprint density at radius 3 is 1.31 bits per heavy atom. The van der Waals surface area contributed by atoms with Gasteiger partial charge in [-0.2, -0.15) is 0 Å². The molecule has 0 amide bonds. The Bertz CT molecular complexity index is 1310. The maximum absolute atomic E-state index is 2.28. The van der Waals surface area contributed by atoms with Crippen molar-refractivity contribution in [2.75, 3.05) is 4.90 Å². The lowest BCUT2D eigenvalue weighted by molar-refractivity contribution is 1.03. The van der Waals surface area contributed by atoms with E-state index in [1.54, 1.807) is 0 Å². The molecule has 0 aliphatic rings. The van der Waals surface area contributed by atoms with E-state index in [9.17, 15) is 0 Å². The van der Waals surface area contributed by atoms with Gasteiger partial charge in [0.2, 0.25) is 0 Å². The van der Waals surface area contributed by atoms with Crippen LogP contribution in [0.1, 0.15) is 22.6 Å². The Morgan fingerprint density at radius 2 is 0.833 bits per heavy atom. The summed E-state index contributed by atoms with van der Waals surface area (Å²) in [5.74, 6) is 0.227. The summed E-state index contributed by atoms with van der Waals surface area (Å²) in [7, 11) is 0. The van der Waals surface area contributed by atoms with E-state index in [1.165, 1.54) is 16.7 Å². The van der Waals surface area contributed by atoms with Crippen molar-refractivity contribution < 1.29 is 0 Å². The first-order chi connectivity index (χ1) is 17.9. The predicted molar refractivity (Wildman–Crippen MR) is 154 cm³/mol. The Labute approximate surface area is 214 Å². The van der Waals surface area contributed by atoms with Crippen LogP contribution in [0.4, 0.5) is 17.1 Å². The first-order valence-electron chi connectivity index (χ1n) is 12.3. The third-order valence-corrected chi connectivity index (χ3v) is 6.20. The summed E-state index contributed by atoms with van der Waals surface area (Å²) in [6.45, 7) is 0. The summed E-state index contributed by atoms with van der Waals surface area (Å²) in [6, 6.07) is 51.0. The lowest BCUT2D eigenvalue weighted by Crippen LogP contribution is -2.09. The van der Waals surface area contributed by atoms with Crippen LogP contribution < -0.4 is 4.90 Å². The lowest BCUT2D eigenvalue weighted by atomic mass is 9.91. The Kier molecular flexibility index (Phi) is 7.51. The van der Waals surface area contributed by atoms with Gasteiger partial charge in [-0.3, -0.25) is 0 Å². The molecule has 0 aliphatic heterocycles. The summed E-state index contributed by atoms with van der Waals surface area (Å²) in [5, 5.41) is 0. The van der Waals surface area contributed by atoms with E-state index in [0.29, 0.717) is 0 Å². The van der Waals surface area contributed by atoms with Gasteiger partial charge in [-0.05, 0) is 53.1 Å². The summed E-state index contributed by atoms with van der Waals surface area (Å²) < 4.78 is 0. The van der Waals surface area contributed by atoms with E-state index in [4.69, 9.17) is 0 Å². The van der Waals surface area contributed by atoms with Crippen LogP contribution in [-0.2, 0) is 0 Å². The average Bonchev–Trinajstić information content (AvgIpc) is 2.96. The molecule has 36 heavy (non-hydrogen) atoms. The predicted octanol–water partition coefficient (Wildman–Crippen LogP) is 9.56. The van der Waals surface area contributed by atoms with Crippen molar-refractivity contribution >= 4 is 23.1 Å². The van der Waals surface area contributed by atoms with Gasteiger partial charge in [-0.25, -0.2) is 0 Å². The van der Waals surface area contributed by atoms with Crippen molar-refractivity contribution in [3.05, 3.63) is 181 Å². The first kappa shape index (κ1) is 23.1. The minimum atomic E-state index is 0.227. The van der Waals surface area contributed by atoms with Crippen LogP contribution in [0.3, 0.4) is 0 Å². The molecule has 5 rings (SSSR count). The maximum Gasteiger partial charge on any atom is 0.0462 e. The molecule has 0 saturated carbocycles. The van der Waals surface area contributed by atoms with Gasteiger partial charge in [0.1, 0.15) is 0 Å². The molecular weight excluding hydrogens is 434 g/mol. The van der Waals surface area contributed by atoms with Crippen LogP contribution >= 0.6 is 0 Å². The number of para-hydroxylation sites is 2. The fraction of sp³-hybridized carbons (Fsp3) is 0.0286. The second kappa shape index (κ2) is 11.7. The molecule has 174 valence electrons. The average molecular weight is 464 g/mol. The van der Waals surface area contributed by atoms with E-state index in [-0.39, 0.29) is 5.92 Å². The molecular formula is C35H29N. The zero-order valence-electron chi connectivity index (χ0n) is 20.2. The summed E-state index contributed by atoms with van der Waals surface area (Å²) in [5.41, 5.74) is 7.17. The number of hydrogen-bond acceptors (Lipinski definition) is 1. The SMILES string of the molecule is C(C=CC(c1ccccc1)c1ccccc1)=Cc1ccc(N(c2ccccc2)c2ccccc2)cc1. The summed E-state index contributed by atoms with van der Waals surface area (Å²) >= 11 is 0. The third kappa shape index (κ3) is 5.71. The van der Waals surface area contributed by atoms with E-state index in [2.05, 4.69) is 163 Å². The molecule has 5 aromatic rings. The number of rotatable bonds is 8. The summed E-state index contributed by atoms with van der Waals surface area (Å²) in [6.07, 6.45) is 8.70. The zero-order chi connectivity index (χ0) is 24.4. The smallest absolute Gasteiger partial charge is 0.0462 e. The highest BCUT2D eigenvalue weighted by Gasteiger charge is 2.11. The molecule has 0 bridgehead atoms. The standard InChI is InChI=1S/C35H29N/c1-5-16-30(17-6-1)35(31-18-7-2-8-19-31)24-14-13-15-29-25-27-34(28-26-29)36(32-20-9-3-10-21-32)33-22-11-4-12-23-33/h1-28,35H. The van der Waals surface area contributed by atoms with Gasteiger partial charge in [0, 0.05) is 23.0 Å². The van der Waals surface area contributed by atoms with Crippen molar-refractivity contribution in [2.45, 2.75) is 5.92 Å². The minimum Gasteiger partial charge on any atom is -0.311 e. The fourth-order valence-electron chi connectivity index (χ4n) is 4.41. The zero-order valence-corrected chi connectivity index (χ0v) is 20.2. The molecule has 5 aromatic carbocycles. The monoisotopic (exact) mass is 463 g/mol. The maximum atomic E-state index is 2.28. The molecule has 0 spiro atoms. The highest BCUT2D eigenvalue weighted by molar-refractivity contribution is 5.76. The second-order valence-corrected chi connectivity index (χ2v) is 8.64. The molecule has 1 nitrogen and oxygen atoms in total. The highest BCUT2D eigenvalue weighted by Crippen LogP contribution is 2.34. The van der Waals surface area contributed by atoms with Crippen molar-refractivity contribution in [2.24, 2.45) is 0 Å². The topological polar surface area (TPSA) is 3.24 Å². The van der Waals surface area contributed by atoms with E-state index >= 15 is 0 Å². The fourth-order valence-corrected chi connectivity index (χ4v) is 4.41. The number of hydrogen-bond donors (Lipinski definition) is 0. The van der Waals surface area contributed by atoms with Crippen molar-refractivity contribution in [1.29, 1.82) is 0 Å². The van der Waals surface area contributed by atoms with Crippen LogP contribution in [0.5, 0.6) is 0 Å². The molecule has 0 saturated heterocycles. The van der Waals surface area contributed by atoms with Gasteiger partial charge in [0.25, 0.3) is 0 Å². The van der Waals surface area contributed by atoms with Crippen molar-refractivity contribution in [3.8, 4) is 0 Å². The van der Waals surface area contributed by atoms with Crippen LogP contribution in [0.2, 0.25) is 0 Å². The largest absolute Gasteiger partial charge is 0.311 e. The molecule has 0 radical (unpaired) electrons.